The molecule has 9 heteroatoms. The minimum absolute atomic E-state index is 0. The summed E-state index contributed by atoms with van der Waals surface area (Å²) in [7, 11) is 0. The molecule has 2 N–H and O–H groups in total. The third-order valence-electron chi connectivity index (χ3n) is 0. The number of hydrogen-bond acceptors (Lipinski definition) is 2. The molecule has 0 spiro atoms. The standard InChI is InChI=1S/2F2HNS.K/c2*1-4(2)3;/h2*3H;. The fourth-order valence-corrected chi connectivity index (χ4v) is 0. The van der Waals surface area contributed by atoms with Gasteiger partial charge in [0.2, 0.25) is 0 Å². The number of halogens is 4. The Morgan fingerprint density at radius 1 is 0.778 bits per heavy atom. The van der Waals surface area contributed by atoms with Crippen LogP contribution in [0.15, 0.2) is 0 Å². The molecule has 0 aromatic rings. The first-order chi connectivity index (χ1) is 3.46. The van der Waals surface area contributed by atoms with Crippen molar-refractivity contribution in [3.8, 4) is 0 Å². The maximum atomic E-state index is 10.0. The smallest absolute Gasteiger partial charge is 0.222 e. The minimum atomic E-state index is -3.11. The van der Waals surface area contributed by atoms with E-state index in [-0.39, 0.29) is 51.4 Å². The van der Waals surface area contributed by atoms with Crippen LogP contribution in [0.4, 0.5) is 15.5 Å². The number of hydrogen-bond donors (Lipinski definition) is 2. The van der Waals surface area contributed by atoms with Gasteiger partial charge in [-0.25, -0.2) is 9.56 Å². The third-order valence-corrected chi connectivity index (χ3v) is 0. The first-order valence-corrected chi connectivity index (χ1v) is 3.08. The summed E-state index contributed by atoms with van der Waals surface area (Å²) in [5.41, 5.74) is 0. The van der Waals surface area contributed by atoms with Crippen LogP contribution in [0.3, 0.4) is 0 Å². The zero-order valence-electron chi connectivity index (χ0n) is 4.33. The first-order valence-electron chi connectivity index (χ1n) is 1.03. The summed E-state index contributed by atoms with van der Waals surface area (Å²) in [6, 6.07) is 0. The van der Waals surface area contributed by atoms with Gasteiger partial charge >= 0.3 is 0 Å². The third kappa shape index (κ3) is 206. The molecule has 0 bridgehead atoms. The van der Waals surface area contributed by atoms with Crippen molar-refractivity contribution in [1.82, 2.24) is 0 Å². The van der Waals surface area contributed by atoms with E-state index in [4.69, 9.17) is 9.56 Å². The predicted molar refractivity (Wildman–Crippen MR) is 30.4 cm³/mol. The van der Waals surface area contributed by atoms with Crippen LogP contribution in [-0.2, 0) is 22.9 Å². The fraction of sp³-hybridized carbons (Fsp3) is 0. The van der Waals surface area contributed by atoms with E-state index >= 15 is 0 Å². The Hall–Kier alpha value is 1.66. The largest absolute Gasteiger partial charge is 0.258 e. The van der Waals surface area contributed by atoms with Gasteiger partial charge in [-0.3, -0.25) is 0 Å². The monoisotopic (exact) mass is 209 g/mol. The molecule has 0 aliphatic heterocycles. The topological polar surface area (TPSA) is 47.7 Å². The van der Waals surface area contributed by atoms with E-state index in [1.807, 2.05) is 0 Å². The van der Waals surface area contributed by atoms with E-state index in [0.29, 0.717) is 0 Å². The maximum Gasteiger partial charge on any atom is 0.258 e. The van der Waals surface area contributed by atoms with Crippen molar-refractivity contribution in [1.29, 1.82) is 9.56 Å². The van der Waals surface area contributed by atoms with Crippen LogP contribution in [-0.4, -0.2) is 51.4 Å². The Bertz CT molecular complexity index is 74.6. The normalized spacial score (nSPS) is 7.78. The van der Waals surface area contributed by atoms with Gasteiger partial charge in [0.05, 0.1) is 0 Å². The van der Waals surface area contributed by atoms with E-state index in [9.17, 15) is 15.5 Å². The summed E-state index contributed by atoms with van der Waals surface area (Å²) in [4.78, 5) is 0. The molecule has 0 aromatic heterocycles. The molecule has 0 atom stereocenters. The fourth-order valence-electron chi connectivity index (χ4n) is 0. The Balaban J connectivity index is -0.0000000720. The van der Waals surface area contributed by atoms with Gasteiger partial charge in [-0.05, 0) is 0 Å². The number of rotatable bonds is 0. The van der Waals surface area contributed by atoms with Crippen LogP contribution >= 0.6 is 0 Å². The second kappa shape index (κ2) is 12.3. The Morgan fingerprint density at radius 2 is 0.778 bits per heavy atom. The van der Waals surface area contributed by atoms with E-state index in [2.05, 4.69) is 0 Å². The molecule has 9 heavy (non-hydrogen) atoms. The summed E-state index contributed by atoms with van der Waals surface area (Å²) in [5, 5.41) is 0. The first kappa shape index (κ1) is 17.0. The van der Waals surface area contributed by atoms with Crippen molar-refractivity contribution in [2.75, 3.05) is 0 Å². The van der Waals surface area contributed by atoms with Crippen molar-refractivity contribution in [2.45, 2.75) is 0 Å². The van der Waals surface area contributed by atoms with Crippen LogP contribution in [0.2, 0.25) is 0 Å². The average Bonchev–Trinajstić information content (AvgIpc) is 1.25. The maximum absolute atomic E-state index is 10.0. The zero-order valence-corrected chi connectivity index (χ0v) is 9.08. The average molecular weight is 209 g/mol. The SMILES string of the molecule is N=S(F)F.N=S(F)F.[K]. The van der Waals surface area contributed by atoms with Crippen molar-refractivity contribution >= 4 is 74.3 Å². The molecule has 0 aromatic carbocycles. The Morgan fingerprint density at radius 3 is 0.778 bits per heavy atom. The molecular formula is H2F4KN2S2. The summed E-state index contributed by atoms with van der Waals surface area (Å²) < 4.78 is 50.7. The van der Waals surface area contributed by atoms with Crippen molar-refractivity contribution in [2.24, 2.45) is 0 Å². The van der Waals surface area contributed by atoms with Crippen LogP contribution in [0.5, 0.6) is 0 Å². The van der Waals surface area contributed by atoms with E-state index < -0.39 is 22.9 Å². The summed E-state index contributed by atoms with van der Waals surface area (Å²) in [5.74, 6) is 0. The molecule has 0 heterocycles. The Labute approximate surface area is 97.8 Å². The molecule has 0 saturated carbocycles. The molecule has 0 amide bonds. The molecule has 0 aliphatic carbocycles. The van der Waals surface area contributed by atoms with Crippen molar-refractivity contribution in [3.63, 3.8) is 0 Å². The van der Waals surface area contributed by atoms with Crippen LogP contribution < -0.4 is 0 Å². The van der Waals surface area contributed by atoms with Crippen LogP contribution in [0.1, 0.15) is 0 Å². The van der Waals surface area contributed by atoms with E-state index in [1.54, 1.807) is 0 Å². The molecule has 0 saturated heterocycles. The van der Waals surface area contributed by atoms with Gasteiger partial charge in [-0.15, -0.1) is 15.5 Å². The van der Waals surface area contributed by atoms with Crippen molar-refractivity contribution < 1.29 is 15.5 Å². The van der Waals surface area contributed by atoms with Gasteiger partial charge < -0.3 is 0 Å². The molecule has 2 nitrogen and oxygen atoms in total. The van der Waals surface area contributed by atoms with E-state index in [0.717, 1.165) is 0 Å². The quantitative estimate of drug-likeness (QED) is 0.452. The molecular weight excluding hydrogens is 207 g/mol. The van der Waals surface area contributed by atoms with Crippen molar-refractivity contribution in [3.05, 3.63) is 0 Å². The summed E-state index contributed by atoms with van der Waals surface area (Å²) >= 11 is -6.22. The summed E-state index contributed by atoms with van der Waals surface area (Å²) in [6.45, 7) is 0. The van der Waals surface area contributed by atoms with Crippen LogP contribution in [0.25, 0.3) is 0 Å². The number of nitrogens with one attached hydrogen (secondary N) is 2. The van der Waals surface area contributed by atoms with E-state index in [1.165, 1.54) is 0 Å². The summed E-state index contributed by atoms with van der Waals surface area (Å²) in [6.07, 6.45) is 0. The Kier molecular flexibility index (Phi) is 23.2. The molecule has 0 fully saturated rings. The van der Waals surface area contributed by atoms with Gasteiger partial charge in [0.1, 0.15) is 0 Å². The molecule has 0 rings (SSSR count). The second-order valence-corrected chi connectivity index (χ2v) is 1.28. The zero-order chi connectivity index (χ0) is 7.15. The van der Waals surface area contributed by atoms with Gasteiger partial charge in [0, 0.05) is 51.4 Å². The van der Waals surface area contributed by atoms with Gasteiger partial charge in [-0.1, -0.05) is 0 Å². The van der Waals surface area contributed by atoms with Crippen LogP contribution in [0, 0.1) is 9.56 Å². The van der Waals surface area contributed by atoms with Gasteiger partial charge in [0.25, 0.3) is 22.9 Å². The molecule has 0 aliphatic rings. The van der Waals surface area contributed by atoms with Gasteiger partial charge in [0.15, 0.2) is 0 Å². The predicted octanol–water partition coefficient (Wildman–Crippen LogP) is 1.89. The molecule has 1 radical (unpaired) electrons. The molecule has 53 valence electrons. The molecule has 0 unspecified atom stereocenters. The minimum Gasteiger partial charge on any atom is -0.222 e. The van der Waals surface area contributed by atoms with Gasteiger partial charge in [-0.2, -0.15) is 0 Å². The second-order valence-electron chi connectivity index (χ2n) is 0.425.